The summed E-state index contributed by atoms with van der Waals surface area (Å²) in [5.41, 5.74) is 5.65. The first kappa shape index (κ1) is 14.8. The molecule has 1 heterocycles. The molecule has 3 N–H and O–H groups in total. The van der Waals surface area contributed by atoms with Crippen LogP contribution in [0.15, 0.2) is 12.3 Å². The first-order valence-electron chi connectivity index (χ1n) is 7.03. The van der Waals surface area contributed by atoms with E-state index in [4.69, 9.17) is 10.5 Å². The predicted octanol–water partition coefficient (Wildman–Crippen LogP) is 1.17. The molecule has 1 aliphatic carbocycles. The van der Waals surface area contributed by atoms with Gasteiger partial charge in [-0.15, -0.1) is 0 Å². The van der Waals surface area contributed by atoms with Gasteiger partial charge in [0.1, 0.15) is 12.4 Å². The van der Waals surface area contributed by atoms with Crippen LogP contribution in [0.1, 0.15) is 34.1 Å². The number of amides is 1. The van der Waals surface area contributed by atoms with Gasteiger partial charge in [-0.05, 0) is 26.3 Å². The van der Waals surface area contributed by atoms with Gasteiger partial charge in [0.25, 0.3) is 0 Å². The highest BCUT2D eigenvalue weighted by Gasteiger charge is 2.49. The fourth-order valence-corrected chi connectivity index (χ4v) is 2.54. The molecule has 6 heteroatoms. The van der Waals surface area contributed by atoms with Gasteiger partial charge in [0.05, 0.1) is 18.4 Å². The van der Waals surface area contributed by atoms with E-state index in [0.29, 0.717) is 5.82 Å². The fraction of sp³-hybridized carbons (Fsp3) is 0.714. The normalized spacial score (nSPS) is 24.4. The molecule has 1 fully saturated rings. The molecule has 0 bridgehead atoms. The summed E-state index contributed by atoms with van der Waals surface area (Å²) in [6, 6.07) is 1.81. The Balaban J connectivity index is 1.86. The van der Waals surface area contributed by atoms with Crippen LogP contribution in [0.5, 0.6) is 0 Å². The van der Waals surface area contributed by atoms with Gasteiger partial charge in [-0.2, -0.15) is 5.10 Å². The largest absolute Gasteiger partial charge is 0.384 e. The number of carbonyl (C=O) groups is 1. The van der Waals surface area contributed by atoms with E-state index in [0.717, 1.165) is 6.42 Å². The molecule has 2 atom stereocenters. The molecule has 1 aliphatic rings. The summed E-state index contributed by atoms with van der Waals surface area (Å²) in [4.78, 5) is 12.0. The highest BCUT2D eigenvalue weighted by atomic mass is 16.5. The van der Waals surface area contributed by atoms with Gasteiger partial charge >= 0.3 is 0 Å². The number of ether oxygens (including phenoxy) is 1. The van der Waals surface area contributed by atoms with E-state index in [1.165, 1.54) is 4.68 Å². The van der Waals surface area contributed by atoms with Crippen molar-refractivity contribution in [3.05, 3.63) is 12.3 Å². The lowest BCUT2D eigenvalue weighted by Crippen LogP contribution is -2.62. The highest BCUT2D eigenvalue weighted by molar-refractivity contribution is 5.76. The molecule has 0 radical (unpaired) electrons. The number of rotatable bonds is 5. The Hall–Kier alpha value is -1.56. The zero-order valence-electron chi connectivity index (χ0n) is 12.6. The van der Waals surface area contributed by atoms with Gasteiger partial charge in [-0.3, -0.25) is 4.79 Å². The quantitative estimate of drug-likeness (QED) is 0.848. The SMILES string of the molecule is CC(C)OC1CC(NC(=O)Cn2nccc2N)C1(C)C. The average Bonchev–Trinajstić information content (AvgIpc) is 2.73. The van der Waals surface area contributed by atoms with Gasteiger partial charge < -0.3 is 15.8 Å². The van der Waals surface area contributed by atoms with Gasteiger partial charge in [0.15, 0.2) is 0 Å². The van der Waals surface area contributed by atoms with Crippen LogP contribution >= 0.6 is 0 Å². The molecule has 1 amide bonds. The van der Waals surface area contributed by atoms with Crippen LogP contribution in [0, 0.1) is 5.41 Å². The molecule has 0 saturated heterocycles. The Kier molecular flexibility index (Phi) is 4.04. The number of nitrogens with one attached hydrogen (secondary N) is 1. The average molecular weight is 280 g/mol. The number of nitrogens with two attached hydrogens (primary N) is 1. The van der Waals surface area contributed by atoms with Crippen LogP contribution in [0.4, 0.5) is 5.82 Å². The molecule has 112 valence electrons. The maximum absolute atomic E-state index is 12.0. The molecule has 0 aromatic carbocycles. The van der Waals surface area contributed by atoms with E-state index in [1.54, 1.807) is 12.3 Å². The maximum Gasteiger partial charge on any atom is 0.242 e. The zero-order chi connectivity index (χ0) is 14.9. The van der Waals surface area contributed by atoms with Crippen LogP contribution < -0.4 is 11.1 Å². The summed E-state index contributed by atoms with van der Waals surface area (Å²) in [6.07, 6.45) is 2.84. The maximum atomic E-state index is 12.0. The van der Waals surface area contributed by atoms with E-state index in [-0.39, 0.29) is 36.1 Å². The van der Waals surface area contributed by atoms with Crippen LogP contribution in [0.3, 0.4) is 0 Å². The van der Waals surface area contributed by atoms with E-state index in [2.05, 4.69) is 24.3 Å². The van der Waals surface area contributed by atoms with Gasteiger partial charge in [-0.1, -0.05) is 13.8 Å². The minimum Gasteiger partial charge on any atom is -0.384 e. The number of aromatic nitrogens is 2. The molecule has 1 aromatic heterocycles. The lowest BCUT2D eigenvalue weighted by molar-refractivity contribution is -0.148. The van der Waals surface area contributed by atoms with E-state index in [1.807, 2.05) is 13.8 Å². The molecular formula is C14H24N4O2. The number of carbonyl (C=O) groups excluding carboxylic acids is 1. The third-order valence-electron chi connectivity index (χ3n) is 3.99. The van der Waals surface area contributed by atoms with Crippen LogP contribution in [0.2, 0.25) is 0 Å². The Bertz CT molecular complexity index is 481. The molecule has 2 unspecified atom stereocenters. The number of hydrogen-bond acceptors (Lipinski definition) is 4. The van der Waals surface area contributed by atoms with Crippen molar-refractivity contribution in [2.24, 2.45) is 5.41 Å². The molecule has 1 saturated carbocycles. The highest BCUT2D eigenvalue weighted by Crippen LogP contribution is 2.43. The minimum atomic E-state index is -0.0681. The zero-order valence-corrected chi connectivity index (χ0v) is 12.6. The van der Waals surface area contributed by atoms with Crippen LogP contribution in [-0.2, 0) is 16.1 Å². The predicted molar refractivity (Wildman–Crippen MR) is 77.0 cm³/mol. The summed E-state index contributed by atoms with van der Waals surface area (Å²) in [7, 11) is 0. The topological polar surface area (TPSA) is 82.2 Å². The van der Waals surface area contributed by atoms with E-state index < -0.39 is 0 Å². The Morgan fingerprint density at radius 2 is 2.35 bits per heavy atom. The molecule has 0 spiro atoms. The van der Waals surface area contributed by atoms with Crippen molar-refractivity contribution in [3.63, 3.8) is 0 Å². The van der Waals surface area contributed by atoms with Gasteiger partial charge in [-0.25, -0.2) is 4.68 Å². The Morgan fingerprint density at radius 3 is 2.85 bits per heavy atom. The second-order valence-electron chi connectivity index (χ2n) is 6.26. The first-order valence-corrected chi connectivity index (χ1v) is 7.03. The van der Waals surface area contributed by atoms with Crippen molar-refractivity contribution in [2.75, 3.05) is 5.73 Å². The molecule has 2 rings (SSSR count). The molecular weight excluding hydrogens is 256 g/mol. The van der Waals surface area contributed by atoms with Crippen molar-refractivity contribution in [2.45, 2.75) is 58.9 Å². The van der Waals surface area contributed by atoms with Crippen molar-refractivity contribution >= 4 is 11.7 Å². The molecule has 0 aliphatic heterocycles. The summed E-state index contributed by atoms with van der Waals surface area (Å²) in [5.74, 6) is 0.426. The van der Waals surface area contributed by atoms with E-state index >= 15 is 0 Å². The summed E-state index contributed by atoms with van der Waals surface area (Å²) in [6.45, 7) is 8.46. The lowest BCUT2D eigenvalue weighted by Gasteiger charge is -2.52. The Labute approximate surface area is 119 Å². The number of nitrogens with zero attached hydrogens (tertiary/aromatic N) is 2. The summed E-state index contributed by atoms with van der Waals surface area (Å²) < 4.78 is 7.34. The van der Waals surface area contributed by atoms with Crippen molar-refractivity contribution in [1.29, 1.82) is 0 Å². The van der Waals surface area contributed by atoms with Crippen molar-refractivity contribution in [3.8, 4) is 0 Å². The second kappa shape index (κ2) is 5.44. The molecule has 1 aromatic rings. The lowest BCUT2D eigenvalue weighted by atomic mass is 9.64. The number of anilines is 1. The Morgan fingerprint density at radius 1 is 1.65 bits per heavy atom. The number of nitrogen functional groups attached to an aromatic ring is 1. The third-order valence-corrected chi connectivity index (χ3v) is 3.99. The van der Waals surface area contributed by atoms with Gasteiger partial charge in [0.2, 0.25) is 5.91 Å². The fourth-order valence-electron chi connectivity index (χ4n) is 2.54. The van der Waals surface area contributed by atoms with E-state index in [9.17, 15) is 4.79 Å². The molecule has 20 heavy (non-hydrogen) atoms. The smallest absolute Gasteiger partial charge is 0.242 e. The molecule has 6 nitrogen and oxygen atoms in total. The van der Waals surface area contributed by atoms with Gasteiger partial charge in [0, 0.05) is 11.5 Å². The monoisotopic (exact) mass is 280 g/mol. The standard InChI is InChI=1S/C14H24N4O2/c1-9(2)20-11-7-10(14(11,3)4)17-13(19)8-18-12(15)5-6-16-18/h5-6,9-11H,7-8,15H2,1-4H3,(H,17,19). The van der Waals surface area contributed by atoms with Crippen LogP contribution in [-0.4, -0.2) is 33.9 Å². The minimum absolute atomic E-state index is 0.0460. The third kappa shape index (κ3) is 2.95. The first-order chi connectivity index (χ1) is 9.30. The van der Waals surface area contributed by atoms with Crippen molar-refractivity contribution in [1.82, 2.24) is 15.1 Å². The van der Waals surface area contributed by atoms with Crippen LogP contribution in [0.25, 0.3) is 0 Å². The summed E-state index contributed by atoms with van der Waals surface area (Å²) in [5, 5.41) is 7.04. The second-order valence-corrected chi connectivity index (χ2v) is 6.26. The number of hydrogen-bond donors (Lipinski definition) is 2. The summed E-state index contributed by atoms with van der Waals surface area (Å²) >= 11 is 0. The van der Waals surface area contributed by atoms with Crippen molar-refractivity contribution < 1.29 is 9.53 Å².